The van der Waals surface area contributed by atoms with Gasteiger partial charge in [-0.25, -0.2) is 0 Å². The predicted molar refractivity (Wildman–Crippen MR) is 55.0 cm³/mol. The third-order valence-corrected chi connectivity index (χ3v) is 2.86. The van der Waals surface area contributed by atoms with E-state index in [1.165, 1.54) is 31.4 Å². The van der Waals surface area contributed by atoms with Gasteiger partial charge in [0, 0.05) is 11.9 Å². The summed E-state index contributed by atoms with van der Waals surface area (Å²) in [6.45, 7) is 4.47. The largest absolute Gasteiger partial charge is 0.261 e. The van der Waals surface area contributed by atoms with E-state index < -0.39 is 0 Å². The Morgan fingerprint density at radius 3 is 2.77 bits per heavy atom. The van der Waals surface area contributed by atoms with Crippen molar-refractivity contribution < 1.29 is 0 Å². The van der Waals surface area contributed by atoms with Gasteiger partial charge in [0.15, 0.2) is 0 Å². The van der Waals surface area contributed by atoms with Crippen LogP contribution in [0.4, 0.5) is 0 Å². The molecule has 1 aromatic heterocycles. The van der Waals surface area contributed by atoms with Crippen molar-refractivity contribution in [2.75, 3.05) is 0 Å². The lowest BCUT2D eigenvalue weighted by molar-refractivity contribution is 0.660. The minimum absolute atomic E-state index is 0.577. The van der Waals surface area contributed by atoms with E-state index in [-0.39, 0.29) is 0 Å². The van der Waals surface area contributed by atoms with Gasteiger partial charge in [-0.3, -0.25) is 4.98 Å². The van der Waals surface area contributed by atoms with Crippen LogP contribution in [0.25, 0.3) is 0 Å². The first-order chi connectivity index (χ1) is 6.29. The quantitative estimate of drug-likeness (QED) is 0.639. The highest BCUT2D eigenvalue weighted by Gasteiger charge is 2.15. The highest BCUT2D eigenvalue weighted by molar-refractivity contribution is 5.33. The number of hydrogen-bond acceptors (Lipinski definition) is 1. The molecule has 1 aliphatic carbocycles. The first-order valence-electron chi connectivity index (χ1n) is 5.25. The Bertz CT molecular complexity index is 302. The molecule has 0 saturated heterocycles. The van der Waals surface area contributed by atoms with Gasteiger partial charge in [0.05, 0.1) is 0 Å². The molecule has 0 saturated carbocycles. The molecule has 13 heavy (non-hydrogen) atoms. The van der Waals surface area contributed by atoms with E-state index >= 15 is 0 Å². The fourth-order valence-corrected chi connectivity index (χ4v) is 2.19. The Kier molecular flexibility index (Phi) is 2.34. The van der Waals surface area contributed by atoms with Crippen LogP contribution in [0, 0.1) is 0 Å². The molecule has 0 unspecified atom stereocenters. The number of fused-ring (bicyclic) bond motifs is 1. The Morgan fingerprint density at radius 2 is 2.00 bits per heavy atom. The molecule has 0 aliphatic heterocycles. The molecular weight excluding hydrogens is 158 g/mol. The van der Waals surface area contributed by atoms with Crippen LogP contribution in [0.15, 0.2) is 12.3 Å². The fourth-order valence-electron chi connectivity index (χ4n) is 2.19. The highest BCUT2D eigenvalue weighted by atomic mass is 14.7. The molecule has 1 aliphatic rings. The zero-order valence-electron chi connectivity index (χ0n) is 8.51. The van der Waals surface area contributed by atoms with E-state index in [2.05, 4.69) is 24.9 Å². The van der Waals surface area contributed by atoms with Gasteiger partial charge in [-0.2, -0.15) is 0 Å². The first kappa shape index (κ1) is 8.74. The van der Waals surface area contributed by atoms with Crippen molar-refractivity contribution in [3.8, 4) is 0 Å². The zero-order valence-corrected chi connectivity index (χ0v) is 8.51. The lowest BCUT2D eigenvalue weighted by Gasteiger charge is -2.19. The van der Waals surface area contributed by atoms with E-state index in [1.54, 1.807) is 11.1 Å². The molecule has 1 heterocycles. The van der Waals surface area contributed by atoms with Gasteiger partial charge < -0.3 is 0 Å². The molecule has 0 atom stereocenters. The van der Waals surface area contributed by atoms with Crippen LogP contribution in [0.3, 0.4) is 0 Å². The lowest BCUT2D eigenvalue weighted by atomic mass is 9.88. The van der Waals surface area contributed by atoms with Crippen molar-refractivity contribution in [3.63, 3.8) is 0 Å². The highest BCUT2D eigenvalue weighted by Crippen LogP contribution is 2.26. The number of rotatable bonds is 1. The lowest BCUT2D eigenvalue weighted by Crippen LogP contribution is -2.09. The Hall–Kier alpha value is -0.850. The zero-order chi connectivity index (χ0) is 9.26. The number of aryl methyl sites for hydroxylation is 1. The topological polar surface area (TPSA) is 12.9 Å². The molecule has 1 nitrogen and oxygen atoms in total. The summed E-state index contributed by atoms with van der Waals surface area (Å²) in [7, 11) is 0. The van der Waals surface area contributed by atoms with Crippen LogP contribution in [-0.4, -0.2) is 4.98 Å². The van der Waals surface area contributed by atoms with Crippen LogP contribution >= 0.6 is 0 Å². The maximum Gasteiger partial charge on any atom is 0.0463 e. The molecule has 0 amide bonds. The van der Waals surface area contributed by atoms with Crippen molar-refractivity contribution in [3.05, 3.63) is 29.1 Å². The van der Waals surface area contributed by atoms with Crippen molar-refractivity contribution >= 4 is 0 Å². The smallest absolute Gasteiger partial charge is 0.0463 e. The summed E-state index contributed by atoms with van der Waals surface area (Å²) in [6.07, 6.45) is 7.18. The fraction of sp³-hybridized carbons (Fsp3) is 0.583. The van der Waals surface area contributed by atoms with Gasteiger partial charge in [-0.15, -0.1) is 0 Å². The molecule has 1 heteroatoms. The maximum absolute atomic E-state index is 4.49. The third kappa shape index (κ3) is 1.60. The first-order valence-corrected chi connectivity index (χ1v) is 5.25. The van der Waals surface area contributed by atoms with Gasteiger partial charge in [0.1, 0.15) is 0 Å². The summed E-state index contributed by atoms with van der Waals surface area (Å²) >= 11 is 0. The molecule has 0 spiro atoms. The van der Waals surface area contributed by atoms with E-state index in [9.17, 15) is 0 Å². The average Bonchev–Trinajstić information content (AvgIpc) is 2.17. The van der Waals surface area contributed by atoms with Crippen LogP contribution in [0.2, 0.25) is 0 Å². The maximum atomic E-state index is 4.49. The van der Waals surface area contributed by atoms with E-state index in [0.29, 0.717) is 5.92 Å². The number of pyridine rings is 1. The molecule has 1 aromatic rings. The van der Waals surface area contributed by atoms with Gasteiger partial charge in [0.2, 0.25) is 0 Å². The Morgan fingerprint density at radius 1 is 1.23 bits per heavy atom. The SMILES string of the molecule is CC(C)c1nccc2c1CCCC2. The Balaban J connectivity index is 2.46. The van der Waals surface area contributed by atoms with Crippen molar-refractivity contribution in [2.45, 2.75) is 45.4 Å². The number of hydrogen-bond donors (Lipinski definition) is 0. The molecule has 0 aromatic carbocycles. The Labute approximate surface area is 80.2 Å². The monoisotopic (exact) mass is 175 g/mol. The van der Waals surface area contributed by atoms with E-state index in [4.69, 9.17) is 0 Å². The second kappa shape index (κ2) is 3.49. The summed E-state index contributed by atoms with van der Waals surface area (Å²) in [4.78, 5) is 4.49. The van der Waals surface area contributed by atoms with Crippen LogP contribution in [0.5, 0.6) is 0 Å². The molecule has 0 fully saturated rings. The summed E-state index contributed by atoms with van der Waals surface area (Å²) in [5.41, 5.74) is 4.42. The van der Waals surface area contributed by atoms with E-state index in [1.807, 2.05) is 6.20 Å². The molecule has 0 radical (unpaired) electrons. The van der Waals surface area contributed by atoms with Gasteiger partial charge >= 0.3 is 0 Å². The minimum Gasteiger partial charge on any atom is -0.261 e. The van der Waals surface area contributed by atoms with Crippen LogP contribution in [0.1, 0.15) is 49.4 Å². The standard InChI is InChI=1S/C12H17N/c1-9(2)12-11-6-4-3-5-10(11)7-8-13-12/h7-9H,3-6H2,1-2H3. The summed E-state index contributed by atoms with van der Waals surface area (Å²) in [5, 5.41) is 0. The van der Waals surface area contributed by atoms with E-state index in [0.717, 1.165) is 0 Å². The summed E-state index contributed by atoms with van der Waals surface area (Å²) in [6, 6.07) is 2.19. The summed E-state index contributed by atoms with van der Waals surface area (Å²) < 4.78 is 0. The van der Waals surface area contributed by atoms with Crippen molar-refractivity contribution in [1.29, 1.82) is 0 Å². The average molecular weight is 175 g/mol. The van der Waals surface area contributed by atoms with Crippen molar-refractivity contribution in [1.82, 2.24) is 4.98 Å². The number of aromatic nitrogens is 1. The second-order valence-electron chi connectivity index (χ2n) is 4.20. The third-order valence-electron chi connectivity index (χ3n) is 2.86. The molecule has 0 N–H and O–H groups in total. The van der Waals surface area contributed by atoms with Crippen molar-refractivity contribution in [2.24, 2.45) is 0 Å². The van der Waals surface area contributed by atoms with Gasteiger partial charge in [-0.1, -0.05) is 13.8 Å². The molecule has 0 bridgehead atoms. The van der Waals surface area contributed by atoms with Crippen LogP contribution in [-0.2, 0) is 12.8 Å². The van der Waals surface area contributed by atoms with Gasteiger partial charge in [-0.05, 0) is 48.8 Å². The predicted octanol–water partition coefficient (Wildman–Crippen LogP) is 3.08. The molecular formula is C12H17N. The number of nitrogens with zero attached hydrogens (tertiary/aromatic N) is 1. The summed E-state index contributed by atoms with van der Waals surface area (Å²) in [5.74, 6) is 0.577. The molecule has 70 valence electrons. The second-order valence-corrected chi connectivity index (χ2v) is 4.20. The molecule has 2 rings (SSSR count). The van der Waals surface area contributed by atoms with Gasteiger partial charge in [0.25, 0.3) is 0 Å². The van der Waals surface area contributed by atoms with Crippen LogP contribution < -0.4 is 0 Å². The minimum atomic E-state index is 0.577. The normalized spacial score (nSPS) is 15.9.